The van der Waals surface area contributed by atoms with E-state index in [9.17, 15) is 23.4 Å². The smallest absolute Gasteiger partial charge is 0.422 e. The number of aliphatic hydroxyl groups excluding tert-OH is 2. The number of hydrogen-bond donors (Lipinski definition) is 3. The first-order valence-corrected chi connectivity index (χ1v) is 5.63. The van der Waals surface area contributed by atoms with Gasteiger partial charge in [-0.3, -0.25) is 0 Å². The van der Waals surface area contributed by atoms with Crippen LogP contribution in [0.25, 0.3) is 0 Å². The molecule has 0 aliphatic carbocycles. The fourth-order valence-electron chi connectivity index (χ4n) is 1.47. The van der Waals surface area contributed by atoms with Crippen molar-refractivity contribution in [2.24, 2.45) is 0 Å². The van der Waals surface area contributed by atoms with Crippen LogP contribution in [0.4, 0.5) is 13.2 Å². The molecule has 2 unspecified atom stereocenters. The fraction of sp³-hybridized carbons (Fsp3) is 0.500. The van der Waals surface area contributed by atoms with Gasteiger partial charge >= 0.3 is 6.18 Å². The van der Waals surface area contributed by atoms with Gasteiger partial charge in [-0.05, 0) is 24.7 Å². The third kappa shape index (κ3) is 5.46. The van der Waals surface area contributed by atoms with E-state index in [4.69, 9.17) is 0 Å². The molecule has 7 heteroatoms. The van der Waals surface area contributed by atoms with Gasteiger partial charge in [0.25, 0.3) is 0 Å². The zero-order valence-electron chi connectivity index (χ0n) is 10.3. The summed E-state index contributed by atoms with van der Waals surface area (Å²) in [6.07, 6.45) is -6.49. The summed E-state index contributed by atoms with van der Waals surface area (Å²) < 4.78 is 40.3. The molecule has 3 N–H and O–H groups in total. The summed E-state index contributed by atoms with van der Waals surface area (Å²) in [5, 5.41) is 22.0. The van der Waals surface area contributed by atoms with Gasteiger partial charge in [-0.15, -0.1) is 0 Å². The molecule has 0 bridgehead atoms. The molecule has 0 aromatic heterocycles. The van der Waals surface area contributed by atoms with E-state index in [1.165, 1.54) is 24.3 Å². The van der Waals surface area contributed by atoms with Crippen LogP contribution in [0.2, 0.25) is 0 Å². The molecule has 19 heavy (non-hydrogen) atoms. The van der Waals surface area contributed by atoms with Crippen molar-refractivity contribution in [1.29, 1.82) is 0 Å². The quantitative estimate of drug-likeness (QED) is 0.733. The van der Waals surface area contributed by atoms with Gasteiger partial charge in [0.1, 0.15) is 11.9 Å². The van der Waals surface area contributed by atoms with Gasteiger partial charge in [0.2, 0.25) is 0 Å². The van der Waals surface area contributed by atoms with Crippen LogP contribution in [0.1, 0.15) is 11.7 Å². The van der Waals surface area contributed by atoms with E-state index in [1.807, 2.05) is 0 Å². The lowest BCUT2D eigenvalue weighted by Gasteiger charge is -2.18. The summed E-state index contributed by atoms with van der Waals surface area (Å²) in [4.78, 5) is 0. The maximum absolute atomic E-state index is 11.9. The van der Waals surface area contributed by atoms with Crippen LogP contribution in [0, 0.1) is 0 Å². The van der Waals surface area contributed by atoms with Crippen LogP contribution in [0.5, 0.6) is 5.75 Å². The molecule has 0 fully saturated rings. The van der Waals surface area contributed by atoms with Crippen LogP contribution < -0.4 is 10.1 Å². The number of hydrogen-bond acceptors (Lipinski definition) is 4. The average molecular weight is 279 g/mol. The van der Waals surface area contributed by atoms with Gasteiger partial charge in [0.15, 0.2) is 6.61 Å². The van der Waals surface area contributed by atoms with Crippen LogP contribution in [0.15, 0.2) is 24.3 Å². The van der Waals surface area contributed by atoms with Crippen LogP contribution in [0.3, 0.4) is 0 Å². The normalized spacial score (nSPS) is 15.1. The summed E-state index contributed by atoms with van der Waals surface area (Å²) in [5.74, 6) is 0.0522. The summed E-state index contributed by atoms with van der Waals surface area (Å²) in [7, 11) is 1.63. The van der Waals surface area contributed by atoms with Crippen molar-refractivity contribution in [3.63, 3.8) is 0 Å². The minimum Gasteiger partial charge on any atom is -0.484 e. The Morgan fingerprint density at radius 1 is 1.21 bits per heavy atom. The highest BCUT2D eigenvalue weighted by molar-refractivity contribution is 5.29. The topological polar surface area (TPSA) is 61.7 Å². The molecule has 2 atom stereocenters. The molecule has 0 aliphatic heterocycles. The molecular weight excluding hydrogens is 263 g/mol. The van der Waals surface area contributed by atoms with E-state index in [2.05, 4.69) is 10.1 Å². The molecule has 4 nitrogen and oxygen atoms in total. The van der Waals surface area contributed by atoms with Crippen molar-refractivity contribution in [3.05, 3.63) is 29.8 Å². The molecule has 0 saturated heterocycles. The number of rotatable bonds is 6. The summed E-state index contributed by atoms with van der Waals surface area (Å²) in [5.41, 5.74) is 0.405. The molecule has 0 amide bonds. The van der Waals surface area contributed by atoms with Crippen molar-refractivity contribution in [2.75, 3.05) is 20.2 Å². The zero-order chi connectivity index (χ0) is 14.5. The first-order valence-electron chi connectivity index (χ1n) is 5.63. The van der Waals surface area contributed by atoms with Gasteiger partial charge in [-0.2, -0.15) is 13.2 Å². The summed E-state index contributed by atoms with van der Waals surface area (Å²) in [6, 6.07) is 5.46. The molecule has 0 spiro atoms. The number of aliphatic hydroxyl groups is 2. The molecule has 1 aromatic rings. The molecule has 0 radical (unpaired) electrons. The predicted octanol–water partition coefficient (Wildman–Crippen LogP) is 1.24. The zero-order valence-corrected chi connectivity index (χ0v) is 10.3. The standard InChI is InChI=1S/C12H16F3NO3/c1-16-6-10(17)11(18)8-2-4-9(5-3-8)19-7-12(13,14)15/h2-5,10-11,16-18H,6-7H2,1H3. The average Bonchev–Trinajstić information content (AvgIpc) is 2.35. The van der Waals surface area contributed by atoms with Crippen molar-refractivity contribution in [2.45, 2.75) is 18.4 Å². The van der Waals surface area contributed by atoms with Crippen LogP contribution >= 0.6 is 0 Å². The Labute approximate surface area is 108 Å². The maximum Gasteiger partial charge on any atom is 0.422 e. The molecular formula is C12H16F3NO3. The number of likely N-dealkylation sites (N-methyl/N-ethyl adjacent to an activating group) is 1. The number of alkyl halides is 3. The Balaban J connectivity index is 2.60. The van der Waals surface area contributed by atoms with E-state index >= 15 is 0 Å². The van der Waals surface area contributed by atoms with Gasteiger partial charge < -0.3 is 20.3 Å². The monoisotopic (exact) mass is 279 g/mol. The number of benzene rings is 1. The maximum atomic E-state index is 11.9. The minimum atomic E-state index is -4.39. The first kappa shape index (κ1) is 15.7. The molecule has 0 aliphatic rings. The Bertz CT molecular complexity index is 381. The second-order valence-corrected chi connectivity index (χ2v) is 4.04. The predicted molar refractivity (Wildman–Crippen MR) is 62.9 cm³/mol. The Hall–Kier alpha value is -1.31. The number of ether oxygens (including phenoxy) is 1. The molecule has 1 aromatic carbocycles. The Morgan fingerprint density at radius 3 is 2.26 bits per heavy atom. The highest BCUT2D eigenvalue weighted by Crippen LogP contribution is 2.22. The Kier molecular flexibility index (Phi) is 5.59. The van der Waals surface area contributed by atoms with Crippen LogP contribution in [-0.4, -0.2) is 42.7 Å². The molecule has 0 heterocycles. The fourth-order valence-corrected chi connectivity index (χ4v) is 1.47. The molecule has 0 saturated carbocycles. The third-order valence-corrected chi connectivity index (χ3v) is 2.40. The highest BCUT2D eigenvalue weighted by Gasteiger charge is 2.28. The van der Waals surface area contributed by atoms with E-state index in [0.29, 0.717) is 5.56 Å². The lowest BCUT2D eigenvalue weighted by Crippen LogP contribution is -2.29. The molecule has 1 rings (SSSR count). The van der Waals surface area contributed by atoms with E-state index < -0.39 is 25.0 Å². The second-order valence-electron chi connectivity index (χ2n) is 4.04. The molecule has 108 valence electrons. The van der Waals surface area contributed by atoms with Crippen molar-refractivity contribution < 1.29 is 28.1 Å². The first-order chi connectivity index (χ1) is 8.83. The summed E-state index contributed by atoms with van der Waals surface area (Å²) in [6.45, 7) is -1.16. The highest BCUT2D eigenvalue weighted by atomic mass is 19.4. The largest absolute Gasteiger partial charge is 0.484 e. The van der Waals surface area contributed by atoms with Crippen LogP contribution in [-0.2, 0) is 0 Å². The SMILES string of the molecule is CNCC(O)C(O)c1ccc(OCC(F)(F)F)cc1. The van der Waals surface area contributed by atoms with Gasteiger partial charge in [0, 0.05) is 6.54 Å². The Morgan fingerprint density at radius 2 is 1.79 bits per heavy atom. The second kappa shape index (κ2) is 6.74. The van der Waals surface area contributed by atoms with E-state index in [0.717, 1.165) is 0 Å². The van der Waals surface area contributed by atoms with Crippen molar-refractivity contribution >= 4 is 0 Å². The van der Waals surface area contributed by atoms with Crippen molar-refractivity contribution in [3.8, 4) is 5.75 Å². The van der Waals surface area contributed by atoms with E-state index in [-0.39, 0.29) is 12.3 Å². The number of halogens is 3. The third-order valence-electron chi connectivity index (χ3n) is 2.40. The minimum absolute atomic E-state index is 0.0522. The van der Waals surface area contributed by atoms with Crippen molar-refractivity contribution in [1.82, 2.24) is 5.32 Å². The van der Waals surface area contributed by atoms with Gasteiger partial charge in [-0.25, -0.2) is 0 Å². The lowest BCUT2D eigenvalue weighted by atomic mass is 10.0. The van der Waals surface area contributed by atoms with E-state index in [1.54, 1.807) is 7.05 Å². The summed E-state index contributed by atoms with van der Waals surface area (Å²) >= 11 is 0. The number of nitrogens with one attached hydrogen (secondary N) is 1. The lowest BCUT2D eigenvalue weighted by molar-refractivity contribution is -0.153. The van der Waals surface area contributed by atoms with Gasteiger partial charge in [-0.1, -0.05) is 12.1 Å². The van der Waals surface area contributed by atoms with Gasteiger partial charge in [0.05, 0.1) is 6.10 Å².